The first-order valence-corrected chi connectivity index (χ1v) is 7.58. The Labute approximate surface area is 129 Å². The normalized spacial score (nSPS) is 12.0. The lowest BCUT2D eigenvalue weighted by Crippen LogP contribution is -2.13. The molecular weight excluding hydrogens is 293 g/mol. The summed E-state index contributed by atoms with van der Waals surface area (Å²) in [5.74, 6) is -2.73. The largest absolute Gasteiger partial charge is 0.490 e. The van der Waals surface area contributed by atoms with Crippen molar-refractivity contribution in [2.24, 2.45) is 0 Å². The van der Waals surface area contributed by atoms with Crippen LogP contribution in [0.4, 0.5) is 13.2 Å². The van der Waals surface area contributed by atoms with Crippen molar-refractivity contribution in [1.82, 2.24) is 0 Å². The van der Waals surface area contributed by atoms with Crippen LogP contribution in [-0.4, -0.2) is 19.4 Å². The lowest BCUT2D eigenvalue weighted by Gasteiger charge is -2.13. The summed E-state index contributed by atoms with van der Waals surface area (Å²) in [7, 11) is 0. The predicted molar refractivity (Wildman–Crippen MR) is 81.2 cm³/mol. The van der Waals surface area contributed by atoms with E-state index in [2.05, 4.69) is 6.58 Å². The molecular formula is C17H23F3O2. The third-order valence-corrected chi connectivity index (χ3v) is 3.11. The molecule has 0 amide bonds. The highest BCUT2D eigenvalue weighted by molar-refractivity contribution is 5.35. The molecule has 1 aromatic rings. The van der Waals surface area contributed by atoms with Gasteiger partial charge in [-0.05, 0) is 31.4 Å². The van der Waals surface area contributed by atoms with Crippen LogP contribution in [-0.2, 0) is 0 Å². The van der Waals surface area contributed by atoms with Gasteiger partial charge in [0.05, 0.1) is 6.61 Å². The van der Waals surface area contributed by atoms with Crippen molar-refractivity contribution in [2.75, 3.05) is 13.2 Å². The second-order valence-electron chi connectivity index (χ2n) is 5.02. The summed E-state index contributed by atoms with van der Waals surface area (Å²) in [5, 5.41) is 0. The van der Waals surface area contributed by atoms with Crippen molar-refractivity contribution in [3.63, 3.8) is 0 Å². The maximum Gasteiger partial charge on any atom is 0.204 e. The predicted octanol–water partition coefficient (Wildman–Crippen LogP) is 5.22. The molecule has 0 heterocycles. The van der Waals surface area contributed by atoms with Gasteiger partial charge in [-0.25, -0.2) is 4.39 Å². The van der Waals surface area contributed by atoms with E-state index in [-0.39, 0.29) is 24.7 Å². The van der Waals surface area contributed by atoms with E-state index in [0.717, 1.165) is 19.3 Å². The van der Waals surface area contributed by atoms with E-state index < -0.39 is 17.8 Å². The van der Waals surface area contributed by atoms with E-state index in [4.69, 9.17) is 9.47 Å². The van der Waals surface area contributed by atoms with Crippen LogP contribution in [0.5, 0.6) is 11.5 Å². The van der Waals surface area contributed by atoms with E-state index in [1.54, 1.807) is 6.08 Å². The highest BCUT2D eigenvalue weighted by Crippen LogP contribution is 2.28. The summed E-state index contributed by atoms with van der Waals surface area (Å²) in [5.41, 5.74) is 0. The summed E-state index contributed by atoms with van der Waals surface area (Å²) in [6, 6.07) is 2.55. The average Bonchev–Trinajstić information content (AvgIpc) is 2.52. The van der Waals surface area contributed by atoms with Gasteiger partial charge in [-0.1, -0.05) is 25.8 Å². The Hall–Kier alpha value is -1.65. The van der Waals surface area contributed by atoms with Gasteiger partial charge >= 0.3 is 0 Å². The van der Waals surface area contributed by atoms with Crippen LogP contribution in [0.25, 0.3) is 0 Å². The van der Waals surface area contributed by atoms with E-state index in [1.165, 1.54) is 12.1 Å². The number of ether oxygens (including phenoxy) is 2. The first kappa shape index (κ1) is 18.4. The minimum atomic E-state index is -1.18. The Kier molecular flexibility index (Phi) is 8.48. The van der Waals surface area contributed by atoms with E-state index >= 15 is 0 Å². The third-order valence-electron chi connectivity index (χ3n) is 3.11. The van der Waals surface area contributed by atoms with E-state index in [0.29, 0.717) is 12.8 Å². The fourth-order valence-corrected chi connectivity index (χ4v) is 1.84. The fraction of sp³-hybridized carbons (Fsp3) is 0.529. The zero-order chi connectivity index (χ0) is 16.4. The number of benzene rings is 1. The summed E-state index contributed by atoms with van der Waals surface area (Å²) in [6.07, 6.45) is 3.91. The second-order valence-corrected chi connectivity index (χ2v) is 5.02. The molecule has 0 aromatic heterocycles. The maximum absolute atomic E-state index is 13.8. The molecule has 0 saturated heterocycles. The molecule has 0 spiro atoms. The smallest absolute Gasteiger partial charge is 0.204 e. The van der Waals surface area contributed by atoms with Crippen molar-refractivity contribution in [3.05, 3.63) is 36.4 Å². The quantitative estimate of drug-likeness (QED) is 0.412. The van der Waals surface area contributed by atoms with Gasteiger partial charge in [0.2, 0.25) is 11.6 Å². The Morgan fingerprint density at radius 2 is 1.77 bits per heavy atom. The molecule has 124 valence electrons. The molecule has 1 rings (SSSR count). The van der Waals surface area contributed by atoms with Crippen molar-refractivity contribution in [1.29, 1.82) is 0 Å². The highest BCUT2D eigenvalue weighted by Gasteiger charge is 2.17. The van der Waals surface area contributed by atoms with Crippen LogP contribution in [0.2, 0.25) is 0 Å². The Balaban J connectivity index is 2.55. The number of unbranched alkanes of at least 4 members (excludes halogenated alkanes) is 2. The van der Waals surface area contributed by atoms with Crippen LogP contribution in [0.3, 0.4) is 0 Å². The summed E-state index contributed by atoms with van der Waals surface area (Å²) in [4.78, 5) is 0. The molecule has 0 N–H and O–H groups in total. The number of alkyl halides is 1. The monoisotopic (exact) mass is 316 g/mol. The molecule has 0 aliphatic carbocycles. The van der Waals surface area contributed by atoms with Crippen molar-refractivity contribution in [3.8, 4) is 11.5 Å². The van der Waals surface area contributed by atoms with Gasteiger partial charge in [0.1, 0.15) is 12.8 Å². The van der Waals surface area contributed by atoms with Gasteiger partial charge in [0.15, 0.2) is 11.5 Å². The fourth-order valence-electron chi connectivity index (χ4n) is 1.84. The summed E-state index contributed by atoms with van der Waals surface area (Å²) < 4.78 is 51.3. The van der Waals surface area contributed by atoms with Crippen molar-refractivity contribution >= 4 is 0 Å². The standard InChI is InChI=1S/C17H23F3O2/c1-3-5-7-11-21-14-9-10-15(17(20)16(14)19)22-12-13(18)8-6-4-2/h3,9-10,13H,1,4-8,11-12H2,2H3. The zero-order valence-electron chi connectivity index (χ0n) is 12.9. The minimum Gasteiger partial charge on any atom is -0.490 e. The molecule has 1 unspecified atom stereocenters. The van der Waals surface area contributed by atoms with Gasteiger partial charge in [0.25, 0.3) is 0 Å². The number of hydrogen-bond donors (Lipinski definition) is 0. The number of hydrogen-bond acceptors (Lipinski definition) is 2. The molecule has 1 atom stereocenters. The Bertz CT molecular complexity index is 463. The van der Waals surface area contributed by atoms with Crippen LogP contribution in [0, 0.1) is 11.6 Å². The molecule has 0 aliphatic rings. The minimum absolute atomic E-state index is 0.170. The zero-order valence-corrected chi connectivity index (χ0v) is 12.9. The topological polar surface area (TPSA) is 18.5 Å². The molecule has 22 heavy (non-hydrogen) atoms. The SMILES string of the molecule is C=CCCCOc1ccc(OCC(F)CCCC)c(F)c1F. The molecule has 0 aliphatic heterocycles. The van der Waals surface area contributed by atoms with E-state index in [9.17, 15) is 13.2 Å². The summed E-state index contributed by atoms with van der Waals surface area (Å²) in [6.45, 7) is 5.51. The molecule has 5 heteroatoms. The maximum atomic E-state index is 13.8. The third kappa shape index (κ3) is 6.00. The van der Waals surface area contributed by atoms with Crippen LogP contribution >= 0.6 is 0 Å². The second kappa shape index (κ2) is 10.1. The molecule has 1 aromatic carbocycles. The van der Waals surface area contributed by atoms with Crippen molar-refractivity contribution < 1.29 is 22.6 Å². The Morgan fingerprint density at radius 1 is 1.14 bits per heavy atom. The number of allylic oxidation sites excluding steroid dienone is 1. The molecule has 0 radical (unpaired) electrons. The van der Waals surface area contributed by atoms with Crippen LogP contribution in [0.1, 0.15) is 39.0 Å². The average molecular weight is 316 g/mol. The lowest BCUT2D eigenvalue weighted by molar-refractivity contribution is 0.177. The molecule has 0 bridgehead atoms. The summed E-state index contributed by atoms with van der Waals surface area (Å²) >= 11 is 0. The molecule has 0 saturated carbocycles. The number of rotatable bonds is 11. The van der Waals surface area contributed by atoms with Gasteiger partial charge in [0, 0.05) is 0 Å². The Morgan fingerprint density at radius 3 is 2.36 bits per heavy atom. The van der Waals surface area contributed by atoms with Crippen LogP contribution < -0.4 is 9.47 Å². The van der Waals surface area contributed by atoms with Gasteiger partial charge in [-0.15, -0.1) is 6.58 Å². The molecule has 2 nitrogen and oxygen atoms in total. The first-order valence-electron chi connectivity index (χ1n) is 7.58. The van der Waals surface area contributed by atoms with E-state index in [1.807, 2.05) is 6.92 Å². The molecule has 0 fully saturated rings. The van der Waals surface area contributed by atoms with Gasteiger partial charge in [-0.3, -0.25) is 0 Å². The van der Waals surface area contributed by atoms with Gasteiger partial charge in [-0.2, -0.15) is 8.78 Å². The highest BCUT2D eigenvalue weighted by atomic mass is 19.2. The van der Waals surface area contributed by atoms with Gasteiger partial charge < -0.3 is 9.47 Å². The first-order chi connectivity index (χ1) is 10.6. The van der Waals surface area contributed by atoms with Crippen molar-refractivity contribution in [2.45, 2.75) is 45.2 Å². The number of halogens is 3. The van der Waals surface area contributed by atoms with Crippen LogP contribution in [0.15, 0.2) is 24.8 Å². The lowest BCUT2D eigenvalue weighted by atomic mass is 10.2.